The fourth-order valence-electron chi connectivity index (χ4n) is 2.96. The van der Waals surface area contributed by atoms with Gasteiger partial charge in [-0.15, -0.1) is 0 Å². The van der Waals surface area contributed by atoms with Gasteiger partial charge in [0.1, 0.15) is 0 Å². The predicted molar refractivity (Wildman–Crippen MR) is 86.9 cm³/mol. The van der Waals surface area contributed by atoms with E-state index in [-0.39, 0.29) is 12.1 Å². The molecule has 2 unspecified atom stereocenters. The molecule has 1 aliphatic rings. The number of aryl methyl sites for hydroxylation is 1. The Hall–Kier alpha value is -1.36. The molecule has 118 valence electrons. The number of β-amino-alcohol motifs (C(OH)–C–C–N with tert-alkyl or cyclic N) is 1. The van der Waals surface area contributed by atoms with Crippen molar-refractivity contribution in [2.45, 2.75) is 38.8 Å². The van der Waals surface area contributed by atoms with Crippen LogP contribution in [0.1, 0.15) is 37.4 Å². The van der Waals surface area contributed by atoms with E-state index in [2.05, 4.69) is 16.8 Å². The van der Waals surface area contributed by atoms with Gasteiger partial charge in [0.15, 0.2) is 5.76 Å². The van der Waals surface area contributed by atoms with Crippen LogP contribution in [0.5, 0.6) is 0 Å². The van der Waals surface area contributed by atoms with Crippen LogP contribution in [-0.4, -0.2) is 34.2 Å². The SMILES string of the molecule is Cc1nc(C(C)N2CCCC(O)C2)oc1-c1ccc(Cl)cc1. The maximum absolute atomic E-state index is 9.83. The Bertz CT molecular complexity index is 639. The Kier molecular flexibility index (Phi) is 4.52. The van der Waals surface area contributed by atoms with E-state index in [1.807, 2.05) is 31.2 Å². The first kappa shape index (κ1) is 15.5. The zero-order valence-corrected chi connectivity index (χ0v) is 13.7. The number of rotatable bonds is 3. The van der Waals surface area contributed by atoms with Gasteiger partial charge >= 0.3 is 0 Å². The molecular weight excluding hydrogens is 300 g/mol. The van der Waals surface area contributed by atoms with Crippen LogP contribution in [0.25, 0.3) is 11.3 Å². The molecule has 1 aromatic carbocycles. The number of aliphatic hydroxyl groups is 1. The number of aliphatic hydroxyl groups excluding tert-OH is 1. The van der Waals surface area contributed by atoms with Crippen molar-refractivity contribution in [2.75, 3.05) is 13.1 Å². The lowest BCUT2D eigenvalue weighted by atomic mass is 10.1. The first-order valence-electron chi connectivity index (χ1n) is 7.70. The van der Waals surface area contributed by atoms with E-state index in [1.165, 1.54) is 0 Å². The summed E-state index contributed by atoms with van der Waals surface area (Å²) in [6.45, 7) is 5.68. The van der Waals surface area contributed by atoms with Gasteiger partial charge in [0.05, 0.1) is 17.8 Å². The zero-order chi connectivity index (χ0) is 15.7. The number of halogens is 1. The third-order valence-corrected chi connectivity index (χ3v) is 4.50. The fourth-order valence-corrected chi connectivity index (χ4v) is 3.08. The molecular formula is C17H21ClN2O2. The molecule has 1 fully saturated rings. The number of nitrogens with zero attached hydrogens (tertiary/aromatic N) is 2. The smallest absolute Gasteiger partial charge is 0.212 e. The van der Waals surface area contributed by atoms with Crippen LogP contribution in [0.4, 0.5) is 0 Å². The zero-order valence-electron chi connectivity index (χ0n) is 12.9. The maximum atomic E-state index is 9.83. The van der Waals surface area contributed by atoms with E-state index in [4.69, 9.17) is 16.0 Å². The summed E-state index contributed by atoms with van der Waals surface area (Å²) >= 11 is 5.93. The number of hydrogen-bond donors (Lipinski definition) is 1. The molecule has 22 heavy (non-hydrogen) atoms. The van der Waals surface area contributed by atoms with Crippen molar-refractivity contribution in [1.82, 2.24) is 9.88 Å². The highest BCUT2D eigenvalue weighted by Gasteiger charge is 2.26. The van der Waals surface area contributed by atoms with Gasteiger partial charge in [-0.2, -0.15) is 0 Å². The standard InChI is InChI=1S/C17H21ClN2O2/c1-11-16(13-5-7-14(18)8-6-13)22-17(19-11)12(2)20-9-3-4-15(21)10-20/h5-8,12,15,21H,3-4,9-10H2,1-2H3. The van der Waals surface area contributed by atoms with Crippen LogP contribution in [-0.2, 0) is 0 Å². The summed E-state index contributed by atoms with van der Waals surface area (Å²) < 4.78 is 6.01. The molecule has 4 nitrogen and oxygen atoms in total. The third-order valence-electron chi connectivity index (χ3n) is 4.25. The monoisotopic (exact) mass is 320 g/mol. The number of likely N-dealkylation sites (tertiary alicyclic amines) is 1. The van der Waals surface area contributed by atoms with Gasteiger partial charge < -0.3 is 9.52 Å². The quantitative estimate of drug-likeness (QED) is 0.934. The van der Waals surface area contributed by atoms with Crippen LogP contribution < -0.4 is 0 Å². The van der Waals surface area contributed by atoms with Crippen LogP contribution in [0, 0.1) is 6.92 Å². The largest absolute Gasteiger partial charge is 0.439 e. The second-order valence-electron chi connectivity index (χ2n) is 5.94. The summed E-state index contributed by atoms with van der Waals surface area (Å²) in [5.41, 5.74) is 1.85. The van der Waals surface area contributed by atoms with E-state index < -0.39 is 0 Å². The number of oxazole rings is 1. The van der Waals surface area contributed by atoms with Gasteiger partial charge in [0, 0.05) is 17.1 Å². The molecule has 2 heterocycles. The molecule has 0 amide bonds. The first-order valence-corrected chi connectivity index (χ1v) is 8.08. The molecule has 2 aromatic rings. The Balaban J connectivity index is 1.83. The topological polar surface area (TPSA) is 49.5 Å². The average Bonchev–Trinajstić information content (AvgIpc) is 2.89. The summed E-state index contributed by atoms with van der Waals surface area (Å²) in [5.74, 6) is 1.49. The Morgan fingerprint density at radius 3 is 2.77 bits per heavy atom. The predicted octanol–water partition coefficient (Wildman–Crippen LogP) is 3.82. The van der Waals surface area contributed by atoms with Gasteiger partial charge in [-0.1, -0.05) is 11.6 Å². The molecule has 1 aliphatic heterocycles. The van der Waals surface area contributed by atoms with Crippen molar-refractivity contribution in [3.63, 3.8) is 0 Å². The molecule has 3 rings (SSSR count). The Morgan fingerprint density at radius 1 is 1.36 bits per heavy atom. The van der Waals surface area contributed by atoms with E-state index in [9.17, 15) is 5.11 Å². The number of aromatic nitrogens is 1. The highest BCUT2D eigenvalue weighted by Crippen LogP contribution is 2.30. The molecule has 0 aliphatic carbocycles. The average molecular weight is 321 g/mol. The van der Waals surface area contributed by atoms with E-state index in [1.54, 1.807) is 0 Å². The Labute approximate surface area is 135 Å². The maximum Gasteiger partial charge on any atom is 0.212 e. The highest BCUT2D eigenvalue weighted by atomic mass is 35.5. The minimum absolute atomic E-state index is 0.0645. The summed E-state index contributed by atoms with van der Waals surface area (Å²) in [6, 6.07) is 7.64. The molecule has 1 N–H and O–H groups in total. The van der Waals surface area contributed by atoms with Gasteiger partial charge in [-0.25, -0.2) is 4.98 Å². The summed E-state index contributed by atoms with van der Waals surface area (Å²) in [6.07, 6.45) is 1.64. The van der Waals surface area contributed by atoms with Crippen molar-refractivity contribution < 1.29 is 9.52 Å². The number of benzene rings is 1. The summed E-state index contributed by atoms with van der Waals surface area (Å²) in [7, 11) is 0. The summed E-state index contributed by atoms with van der Waals surface area (Å²) in [4.78, 5) is 6.81. The van der Waals surface area contributed by atoms with Crippen molar-refractivity contribution in [1.29, 1.82) is 0 Å². The summed E-state index contributed by atoms with van der Waals surface area (Å²) in [5, 5.41) is 10.5. The number of hydrogen-bond acceptors (Lipinski definition) is 4. The van der Waals surface area contributed by atoms with Crippen LogP contribution in [0.3, 0.4) is 0 Å². The molecule has 0 saturated carbocycles. The molecule has 1 aromatic heterocycles. The number of piperidine rings is 1. The van der Waals surface area contributed by atoms with Gasteiger partial charge in [-0.05, 0) is 57.5 Å². The molecule has 2 atom stereocenters. The third kappa shape index (κ3) is 3.19. The van der Waals surface area contributed by atoms with Crippen LogP contribution >= 0.6 is 11.6 Å². The van der Waals surface area contributed by atoms with Gasteiger partial charge in [-0.3, -0.25) is 4.90 Å². The minimum Gasteiger partial charge on any atom is -0.439 e. The first-order chi connectivity index (χ1) is 10.5. The second kappa shape index (κ2) is 6.41. The van der Waals surface area contributed by atoms with Crippen LogP contribution in [0.15, 0.2) is 28.7 Å². The lowest BCUT2D eigenvalue weighted by Crippen LogP contribution is -2.39. The molecule has 5 heteroatoms. The minimum atomic E-state index is -0.247. The van der Waals surface area contributed by atoms with E-state index in [0.29, 0.717) is 17.5 Å². The Morgan fingerprint density at radius 2 is 2.09 bits per heavy atom. The van der Waals surface area contributed by atoms with Crippen molar-refractivity contribution in [2.24, 2.45) is 0 Å². The highest BCUT2D eigenvalue weighted by molar-refractivity contribution is 6.30. The van der Waals surface area contributed by atoms with Gasteiger partial charge in [0.25, 0.3) is 0 Å². The lowest BCUT2D eigenvalue weighted by Gasteiger charge is -2.33. The fraction of sp³-hybridized carbons (Fsp3) is 0.471. The molecule has 1 saturated heterocycles. The normalized spacial score (nSPS) is 21.0. The van der Waals surface area contributed by atoms with Crippen molar-refractivity contribution in [3.8, 4) is 11.3 Å². The van der Waals surface area contributed by atoms with Gasteiger partial charge in [0.2, 0.25) is 5.89 Å². The van der Waals surface area contributed by atoms with E-state index >= 15 is 0 Å². The van der Waals surface area contributed by atoms with Crippen molar-refractivity contribution in [3.05, 3.63) is 40.9 Å². The van der Waals surface area contributed by atoms with Crippen molar-refractivity contribution >= 4 is 11.6 Å². The van der Waals surface area contributed by atoms with Crippen LogP contribution in [0.2, 0.25) is 5.02 Å². The molecule has 0 bridgehead atoms. The molecule has 0 spiro atoms. The lowest BCUT2D eigenvalue weighted by molar-refractivity contribution is 0.0440. The molecule has 0 radical (unpaired) electrons. The second-order valence-corrected chi connectivity index (χ2v) is 6.38. The van der Waals surface area contributed by atoms with E-state index in [0.717, 1.165) is 36.4 Å².